The minimum absolute atomic E-state index is 0.00980. The molecule has 27 heavy (non-hydrogen) atoms. The van der Waals surface area contributed by atoms with Crippen molar-refractivity contribution >= 4 is 12.0 Å². The number of anilines is 1. The normalized spacial score (nSPS) is 10.5. The van der Waals surface area contributed by atoms with Crippen molar-refractivity contribution in [3.63, 3.8) is 0 Å². The fourth-order valence-electron chi connectivity index (χ4n) is 2.88. The standard InChI is InChI=1S/C21H19FN2O3/c1-24(16-5-3-15(22)4-6-16)12-19-14(13-25)9-10-23-21(19)18-8-7-17(27-2)11-20(18)26/h3-11,13,26H,12H2,1-2H3. The average Bonchev–Trinajstić information content (AvgIpc) is 2.68. The van der Waals surface area contributed by atoms with Gasteiger partial charge in [-0.05, 0) is 42.5 Å². The Bertz CT molecular complexity index is 958. The van der Waals surface area contributed by atoms with Gasteiger partial charge in [0.1, 0.15) is 17.3 Å². The number of aromatic nitrogens is 1. The predicted octanol–water partition coefficient (Wildman–Crippen LogP) is 4.05. The monoisotopic (exact) mass is 366 g/mol. The van der Waals surface area contributed by atoms with Gasteiger partial charge in [0, 0.05) is 48.2 Å². The highest BCUT2D eigenvalue weighted by atomic mass is 19.1. The first-order valence-corrected chi connectivity index (χ1v) is 8.30. The summed E-state index contributed by atoms with van der Waals surface area (Å²) in [6, 6.07) is 12.6. The van der Waals surface area contributed by atoms with Crippen molar-refractivity contribution in [1.29, 1.82) is 0 Å². The summed E-state index contributed by atoms with van der Waals surface area (Å²) in [5, 5.41) is 10.4. The van der Waals surface area contributed by atoms with Gasteiger partial charge in [0.2, 0.25) is 0 Å². The number of halogens is 1. The molecule has 0 bridgehead atoms. The van der Waals surface area contributed by atoms with Crippen molar-refractivity contribution in [3.05, 3.63) is 71.7 Å². The molecule has 0 fully saturated rings. The third-order valence-electron chi connectivity index (χ3n) is 4.34. The van der Waals surface area contributed by atoms with Crippen molar-refractivity contribution in [2.75, 3.05) is 19.1 Å². The highest BCUT2D eigenvalue weighted by Gasteiger charge is 2.17. The van der Waals surface area contributed by atoms with Crippen molar-refractivity contribution < 1.29 is 19.0 Å². The molecule has 138 valence electrons. The van der Waals surface area contributed by atoms with E-state index in [9.17, 15) is 14.3 Å². The number of carbonyl (C=O) groups excluding carboxylic acids is 1. The quantitative estimate of drug-likeness (QED) is 0.667. The lowest BCUT2D eigenvalue weighted by molar-refractivity contribution is 0.112. The first-order chi connectivity index (χ1) is 13.0. The molecule has 1 aromatic heterocycles. The lowest BCUT2D eigenvalue weighted by Crippen LogP contribution is -2.18. The van der Waals surface area contributed by atoms with Crippen molar-refractivity contribution in [2.24, 2.45) is 0 Å². The van der Waals surface area contributed by atoms with Gasteiger partial charge in [-0.1, -0.05) is 0 Å². The van der Waals surface area contributed by atoms with Crippen LogP contribution in [0.15, 0.2) is 54.7 Å². The Morgan fingerprint density at radius 1 is 1.19 bits per heavy atom. The van der Waals surface area contributed by atoms with E-state index in [1.807, 2.05) is 11.9 Å². The second-order valence-corrected chi connectivity index (χ2v) is 6.06. The van der Waals surface area contributed by atoms with Crippen LogP contribution in [0.3, 0.4) is 0 Å². The maximum Gasteiger partial charge on any atom is 0.150 e. The molecule has 0 atom stereocenters. The van der Waals surface area contributed by atoms with E-state index in [-0.39, 0.29) is 11.6 Å². The molecular weight excluding hydrogens is 347 g/mol. The van der Waals surface area contributed by atoms with Crippen LogP contribution in [0.2, 0.25) is 0 Å². The van der Waals surface area contributed by atoms with E-state index in [2.05, 4.69) is 4.98 Å². The SMILES string of the molecule is COc1ccc(-c2nccc(C=O)c2CN(C)c2ccc(F)cc2)c(O)c1. The van der Waals surface area contributed by atoms with Crippen LogP contribution in [0.4, 0.5) is 10.1 Å². The smallest absolute Gasteiger partial charge is 0.150 e. The third-order valence-corrected chi connectivity index (χ3v) is 4.34. The molecule has 0 unspecified atom stereocenters. The number of methoxy groups -OCH3 is 1. The summed E-state index contributed by atoms with van der Waals surface area (Å²) < 4.78 is 18.3. The molecule has 0 saturated heterocycles. The van der Waals surface area contributed by atoms with Crippen LogP contribution in [0, 0.1) is 5.82 Å². The summed E-state index contributed by atoms with van der Waals surface area (Å²) in [7, 11) is 3.36. The lowest BCUT2D eigenvalue weighted by Gasteiger charge is -2.22. The minimum Gasteiger partial charge on any atom is -0.507 e. The number of hydrogen-bond acceptors (Lipinski definition) is 5. The number of pyridine rings is 1. The van der Waals surface area contributed by atoms with Crippen LogP contribution >= 0.6 is 0 Å². The van der Waals surface area contributed by atoms with Gasteiger partial charge in [-0.25, -0.2) is 4.39 Å². The zero-order valence-corrected chi connectivity index (χ0v) is 15.0. The number of nitrogens with zero attached hydrogens (tertiary/aromatic N) is 2. The van der Waals surface area contributed by atoms with Gasteiger partial charge in [0.05, 0.1) is 12.8 Å². The van der Waals surface area contributed by atoms with Crippen LogP contribution in [0.25, 0.3) is 11.3 Å². The molecule has 0 spiro atoms. The topological polar surface area (TPSA) is 62.7 Å². The molecule has 3 rings (SSSR count). The van der Waals surface area contributed by atoms with Crippen LogP contribution in [-0.2, 0) is 6.54 Å². The van der Waals surface area contributed by atoms with Gasteiger partial charge < -0.3 is 14.7 Å². The van der Waals surface area contributed by atoms with Crippen molar-refractivity contribution in [3.8, 4) is 22.8 Å². The molecule has 0 aliphatic heterocycles. The number of phenolic OH excluding ortho intramolecular Hbond substituents is 1. The first kappa shape index (κ1) is 18.4. The molecule has 2 aromatic carbocycles. The van der Waals surface area contributed by atoms with Gasteiger partial charge in [-0.3, -0.25) is 9.78 Å². The van der Waals surface area contributed by atoms with Gasteiger partial charge in [0.25, 0.3) is 0 Å². The Hall–Kier alpha value is -3.41. The largest absolute Gasteiger partial charge is 0.507 e. The van der Waals surface area contributed by atoms with Crippen molar-refractivity contribution in [2.45, 2.75) is 6.54 Å². The van der Waals surface area contributed by atoms with E-state index < -0.39 is 0 Å². The van der Waals surface area contributed by atoms with E-state index in [0.717, 1.165) is 12.0 Å². The number of rotatable bonds is 6. The molecule has 3 aromatic rings. The van der Waals surface area contributed by atoms with Crippen LogP contribution in [0.1, 0.15) is 15.9 Å². The maximum atomic E-state index is 13.2. The molecule has 5 nitrogen and oxygen atoms in total. The lowest BCUT2D eigenvalue weighted by atomic mass is 10.00. The summed E-state index contributed by atoms with van der Waals surface area (Å²) in [5.74, 6) is 0.217. The predicted molar refractivity (Wildman–Crippen MR) is 102 cm³/mol. The Kier molecular flexibility index (Phi) is 5.35. The summed E-state index contributed by atoms with van der Waals surface area (Å²) >= 11 is 0. The van der Waals surface area contributed by atoms with E-state index >= 15 is 0 Å². The summed E-state index contributed by atoms with van der Waals surface area (Å²) in [6.45, 7) is 0.356. The fraction of sp³-hybridized carbons (Fsp3) is 0.143. The van der Waals surface area contributed by atoms with Crippen LogP contribution in [0.5, 0.6) is 11.5 Å². The Morgan fingerprint density at radius 2 is 1.93 bits per heavy atom. The molecule has 0 saturated carbocycles. The zero-order chi connectivity index (χ0) is 19.4. The number of carbonyl (C=O) groups is 1. The van der Waals surface area contributed by atoms with E-state index in [0.29, 0.717) is 34.7 Å². The van der Waals surface area contributed by atoms with Gasteiger partial charge in [0.15, 0.2) is 6.29 Å². The Labute approximate surface area is 156 Å². The second kappa shape index (κ2) is 7.86. The molecule has 0 radical (unpaired) electrons. The molecular formula is C21H19FN2O3. The van der Waals surface area contributed by atoms with E-state index in [1.165, 1.54) is 31.5 Å². The molecule has 0 aliphatic rings. The van der Waals surface area contributed by atoms with Gasteiger partial charge in [-0.2, -0.15) is 0 Å². The minimum atomic E-state index is -0.314. The highest BCUT2D eigenvalue weighted by molar-refractivity contribution is 5.83. The van der Waals surface area contributed by atoms with Crippen LogP contribution < -0.4 is 9.64 Å². The van der Waals surface area contributed by atoms with Gasteiger partial charge >= 0.3 is 0 Å². The maximum absolute atomic E-state index is 13.2. The second-order valence-electron chi connectivity index (χ2n) is 6.06. The molecule has 0 amide bonds. The number of phenols is 1. The summed E-state index contributed by atoms with van der Waals surface area (Å²) in [5.41, 5.74) is 2.95. The summed E-state index contributed by atoms with van der Waals surface area (Å²) in [6.07, 6.45) is 2.30. The summed E-state index contributed by atoms with van der Waals surface area (Å²) in [4.78, 5) is 17.9. The Morgan fingerprint density at radius 3 is 2.56 bits per heavy atom. The number of ether oxygens (including phenoxy) is 1. The zero-order valence-electron chi connectivity index (χ0n) is 15.0. The number of hydrogen-bond donors (Lipinski definition) is 1. The number of benzene rings is 2. The average molecular weight is 366 g/mol. The third kappa shape index (κ3) is 3.89. The van der Waals surface area contributed by atoms with Crippen LogP contribution in [-0.4, -0.2) is 30.5 Å². The number of aldehydes is 1. The van der Waals surface area contributed by atoms with Gasteiger partial charge in [-0.15, -0.1) is 0 Å². The van der Waals surface area contributed by atoms with E-state index in [1.54, 1.807) is 30.3 Å². The Balaban J connectivity index is 2.04. The number of aromatic hydroxyl groups is 1. The molecule has 0 aliphatic carbocycles. The molecule has 6 heteroatoms. The van der Waals surface area contributed by atoms with Crippen molar-refractivity contribution in [1.82, 2.24) is 4.98 Å². The fourth-order valence-corrected chi connectivity index (χ4v) is 2.88. The highest BCUT2D eigenvalue weighted by Crippen LogP contribution is 2.34. The molecule has 1 heterocycles. The molecule has 1 N–H and O–H groups in total. The van der Waals surface area contributed by atoms with E-state index in [4.69, 9.17) is 4.74 Å². The first-order valence-electron chi connectivity index (χ1n) is 8.30.